The highest BCUT2D eigenvalue weighted by Crippen LogP contribution is 2.13. The molecule has 0 saturated carbocycles. The van der Waals surface area contributed by atoms with Gasteiger partial charge in [-0.1, -0.05) is 26.0 Å². The van der Waals surface area contributed by atoms with Crippen LogP contribution in [0.2, 0.25) is 0 Å². The molecular weight excluding hydrogens is 533 g/mol. The Morgan fingerprint density at radius 2 is 1.82 bits per heavy atom. The summed E-state index contributed by atoms with van der Waals surface area (Å²) in [5, 5.41) is 17.3. The summed E-state index contributed by atoms with van der Waals surface area (Å²) in [7, 11) is 0. The van der Waals surface area contributed by atoms with Gasteiger partial charge in [-0.2, -0.15) is 0 Å². The molecule has 33 heavy (non-hydrogen) atoms. The molecule has 0 radical (unpaired) electrons. The Hall–Kier alpha value is -1.14. The maximum Gasteiger partial charge on any atom is 0.191 e. The van der Waals surface area contributed by atoms with E-state index in [4.69, 9.17) is 9.47 Å². The monoisotopic (exact) mass is 577 g/mol. The minimum Gasteiger partial charge on any atom is -0.492 e. The number of nitrogens with one attached hydrogen (secondary N) is 2. The first-order valence-corrected chi connectivity index (χ1v) is 11.9. The van der Waals surface area contributed by atoms with Crippen LogP contribution < -0.4 is 15.4 Å². The number of aliphatic imine (C=N–C) groups is 1. The van der Waals surface area contributed by atoms with Gasteiger partial charge in [0, 0.05) is 39.3 Å². The molecule has 0 aliphatic carbocycles. The van der Waals surface area contributed by atoms with Gasteiger partial charge < -0.3 is 30.1 Å². The van der Waals surface area contributed by atoms with E-state index in [9.17, 15) is 5.11 Å². The molecule has 1 unspecified atom stereocenters. The van der Waals surface area contributed by atoms with Crippen LogP contribution in [0.4, 0.5) is 0 Å². The van der Waals surface area contributed by atoms with Gasteiger partial charge in [0.05, 0.1) is 25.4 Å². The zero-order valence-electron chi connectivity index (χ0n) is 20.8. The van der Waals surface area contributed by atoms with E-state index in [1.165, 1.54) is 0 Å². The predicted molar refractivity (Wildman–Crippen MR) is 146 cm³/mol. The number of β-amino-alcohol motifs (C(OH)–C–C–N with tert-alkyl or cyclic N) is 1. The minimum absolute atomic E-state index is 0. The summed E-state index contributed by atoms with van der Waals surface area (Å²) in [5.74, 6) is 1.59. The molecule has 0 amide bonds. The molecule has 1 aromatic rings. The number of rotatable bonds is 13. The van der Waals surface area contributed by atoms with E-state index in [1.807, 2.05) is 38.1 Å². The molecule has 9 heteroatoms. The molecule has 1 atom stereocenters. The minimum atomic E-state index is -0.850. The molecule has 1 aliphatic heterocycles. The van der Waals surface area contributed by atoms with Gasteiger partial charge in [0.15, 0.2) is 5.96 Å². The van der Waals surface area contributed by atoms with Crippen LogP contribution in [0.5, 0.6) is 5.75 Å². The van der Waals surface area contributed by atoms with Gasteiger partial charge in [-0.05, 0) is 44.6 Å². The lowest BCUT2D eigenvalue weighted by atomic mass is 10.1. The largest absolute Gasteiger partial charge is 0.492 e. The van der Waals surface area contributed by atoms with Crippen LogP contribution in [0, 0.1) is 0 Å². The fourth-order valence-electron chi connectivity index (χ4n) is 3.61. The molecular formula is C24H44IN5O3. The third kappa shape index (κ3) is 12.2. The smallest absolute Gasteiger partial charge is 0.191 e. The van der Waals surface area contributed by atoms with Crippen LogP contribution >= 0.6 is 24.0 Å². The van der Waals surface area contributed by atoms with Crippen molar-refractivity contribution < 1.29 is 14.6 Å². The van der Waals surface area contributed by atoms with E-state index in [0.717, 1.165) is 63.8 Å². The van der Waals surface area contributed by atoms with E-state index < -0.39 is 5.60 Å². The van der Waals surface area contributed by atoms with Crippen LogP contribution in [0.1, 0.15) is 33.3 Å². The number of halogens is 1. The lowest BCUT2D eigenvalue weighted by Gasteiger charge is -2.34. The number of ether oxygens (including phenoxy) is 2. The van der Waals surface area contributed by atoms with E-state index >= 15 is 0 Å². The predicted octanol–water partition coefficient (Wildman–Crippen LogP) is 2.16. The van der Waals surface area contributed by atoms with E-state index in [0.29, 0.717) is 32.2 Å². The van der Waals surface area contributed by atoms with Crippen LogP contribution in [0.3, 0.4) is 0 Å². The molecule has 190 valence electrons. The van der Waals surface area contributed by atoms with Crippen molar-refractivity contribution in [1.82, 2.24) is 20.4 Å². The van der Waals surface area contributed by atoms with Gasteiger partial charge in [0.1, 0.15) is 12.4 Å². The summed E-state index contributed by atoms with van der Waals surface area (Å²) in [6, 6.07) is 8.10. The van der Waals surface area contributed by atoms with E-state index in [-0.39, 0.29) is 24.0 Å². The highest BCUT2D eigenvalue weighted by atomic mass is 127. The van der Waals surface area contributed by atoms with Gasteiger partial charge in [-0.25, -0.2) is 4.99 Å². The van der Waals surface area contributed by atoms with Crippen molar-refractivity contribution in [3.63, 3.8) is 0 Å². The molecule has 0 bridgehead atoms. The second kappa shape index (κ2) is 16.5. The second-order valence-corrected chi connectivity index (χ2v) is 8.45. The summed E-state index contributed by atoms with van der Waals surface area (Å²) in [4.78, 5) is 9.25. The van der Waals surface area contributed by atoms with Gasteiger partial charge in [0.2, 0.25) is 0 Å². The molecule has 2 rings (SSSR count). The van der Waals surface area contributed by atoms with Crippen molar-refractivity contribution in [3.05, 3.63) is 29.8 Å². The summed E-state index contributed by atoms with van der Waals surface area (Å²) >= 11 is 0. The van der Waals surface area contributed by atoms with Crippen LogP contribution in [0.15, 0.2) is 29.3 Å². The summed E-state index contributed by atoms with van der Waals surface area (Å²) in [6.45, 7) is 17.5. The lowest BCUT2D eigenvalue weighted by Crippen LogP contribution is -2.52. The standard InChI is InChI=1S/C24H43N5O3.HI/c1-5-25-23(27-19-24(4,30)20-29-12-15-31-16-13-29)26-18-21-8-10-22(11-9-21)32-17-14-28(6-2)7-3;/h8-11,30H,5-7,12-20H2,1-4H3,(H2,25,26,27);1H. The molecule has 0 aromatic heterocycles. The zero-order chi connectivity index (χ0) is 23.2. The quantitative estimate of drug-likeness (QED) is 0.188. The number of likely N-dealkylation sites (N-methyl/N-ethyl adjacent to an activating group) is 1. The van der Waals surface area contributed by atoms with E-state index in [1.54, 1.807) is 0 Å². The average molecular weight is 578 g/mol. The number of hydrogen-bond donors (Lipinski definition) is 3. The average Bonchev–Trinajstić information content (AvgIpc) is 2.80. The van der Waals surface area contributed by atoms with Gasteiger partial charge >= 0.3 is 0 Å². The van der Waals surface area contributed by atoms with Crippen molar-refractivity contribution in [3.8, 4) is 5.75 Å². The number of hydrogen-bond acceptors (Lipinski definition) is 6. The Morgan fingerprint density at radius 3 is 2.42 bits per heavy atom. The van der Waals surface area contributed by atoms with Gasteiger partial charge in [0.25, 0.3) is 0 Å². The molecule has 1 fully saturated rings. The van der Waals surface area contributed by atoms with Crippen molar-refractivity contribution in [2.24, 2.45) is 4.99 Å². The third-order valence-electron chi connectivity index (χ3n) is 5.56. The topological polar surface area (TPSA) is 81.6 Å². The number of morpholine rings is 1. The summed E-state index contributed by atoms with van der Waals surface area (Å²) in [6.07, 6.45) is 0. The number of nitrogens with zero attached hydrogens (tertiary/aromatic N) is 3. The van der Waals surface area contributed by atoms with Crippen molar-refractivity contribution in [2.75, 3.05) is 72.2 Å². The Morgan fingerprint density at radius 1 is 1.15 bits per heavy atom. The molecule has 8 nitrogen and oxygen atoms in total. The van der Waals surface area contributed by atoms with Crippen LogP contribution in [0.25, 0.3) is 0 Å². The zero-order valence-corrected chi connectivity index (χ0v) is 23.1. The van der Waals surface area contributed by atoms with Crippen molar-refractivity contribution in [2.45, 2.75) is 39.8 Å². The maximum atomic E-state index is 10.8. The van der Waals surface area contributed by atoms with Crippen molar-refractivity contribution in [1.29, 1.82) is 0 Å². The first-order valence-electron chi connectivity index (χ1n) is 11.9. The normalized spacial score (nSPS) is 16.7. The number of aliphatic hydroxyl groups is 1. The lowest BCUT2D eigenvalue weighted by molar-refractivity contribution is -0.0201. The van der Waals surface area contributed by atoms with Crippen molar-refractivity contribution >= 4 is 29.9 Å². The molecule has 1 aromatic carbocycles. The maximum absolute atomic E-state index is 10.8. The molecule has 3 N–H and O–H groups in total. The first-order chi connectivity index (χ1) is 15.5. The van der Waals surface area contributed by atoms with Gasteiger partial charge in [-0.3, -0.25) is 4.90 Å². The Balaban J connectivity index is 0.00000544. The van der Waals surface area contributed by atoms with Gasteiger partial charge in [-0.15, -0.1) is 24.0 Å². The SMILES string of the molecule is CCNC(=NCc1ccc(OCCN(CC)CC)cc1)NCC(C)(O)CN1CCOCC1.I. The summed E-state index contributed by atoms with van der Waals surface area (Å²) < 4.78 is 11.2. The fraction of sp³-hybridized carbons (Fsp3) is 0.708. The molecule has 1 heterocycles. The highest BCUT2D eigenvalue weighted by Gasteiger charge is 2.25. The molecule has 1 aliphatic rings. The highest BCUT2D eigenvalue weighted by molar-refractivity contribution is 14.0. The molecule has 0 spiro atoms. The Bertz CT molecular complexity index is 663. The molecule has 1 saturated heterocycles. The Labute approximate surface area is 217 Å². The van der Waals surface area contributed by atoms with Crippen LogP contribution in [-0.2, 0) is 11.3 Å². The third-order valence-corrected chi connectivity index (χ3v) is 5.56. The number of guanidine groups is 1. The fourth-order valence-corrected chi connectivity index (χ4v) is 3.61. The summed E-state index contributed by atoms with van der Waals surface area (Å²) in [5.41, 5.74) is 0.260. The second-order valence-electron chi connectivity index (χ2n) is 8.45. The first kappa shape index (κ1) is 29.9. The number of benzene rings is 1. The Kier molecular flexibility index (Phi) is 14.9. The van der Waals surface area contributed by atoms with Crippen LogP contribution in [-0.4, -0.2) is 98.6 Å². The van der Waals surface area contributed by atoms with E-state index in [2.05, 4.69) is 39.3 Å².